The van der Waals surface area contributed by atoms with E-state index in [0.29, 0.717) is 11.7 Å². The van der Waals surface area contributed by atoms with E-state index in [4.69, 9.17) is 21.7 Å². The number of rotatable bonds is 3. The van der Waals surface area contributed by atoms with E-state index in [1.807, 2.05) is 49.4 Å². The van der Waals surface area contributed by atoms with Gasteiger partial charge in [0.25, 0.3) is 0 Å². The summed E-state index contributed by atoms with van der Waals surface area (Å²) in [6.45, 7) is 4.73. The van der Waals surface area contributed by atoms with Gasteiger partial charge in [0.05, 0.1) is 12.6 Å². The highest BCUT2D eigenvalue weighted by molar-refractivity contribution is 7.80. The topological polar surface area (TPSA) is 33.7 Å². The van der Waals surface area contributed by atoms with E-state index in [0.717, 1.165) is 23.6 Å². The number of nitrogens with one attached hydrogen (secondary N) is 1. The molecule has 5 heteroatoms. The summed E-state index contributed by atoms with van der Waals surface area (Å²) in [5.74, 6) is 1.78. The molecule has 0 amide bonds. The van der Waals surface area contributed by atoms with Crippen LogP contribution >= 0.6 is 12.2 Å². The van der Waals surface area contributed by atoms with Crippen LogP contribution in [0.15, 0.2) is 48.5 Å². The summed E-state index contributed by atoms with van der Waals surface area (Å²) in [5.41, 5.74) is 1.66. The summed E-state index contributed by atoms with van der Waals surface area (Å²) in [5, 5.41) is 4.15. The second-order valence-electron chi connectivity index (χ2n) is 6.28. The maximum absolute atomic E-state index is 6.37. The Morgan fingerprint density at radius 3 is 2.75 bits per heavy atom. The van der Waals surface area contributed by atoms with Crippen LogP contribution in [0.2, 0.25) is 0 Å². The van der Waals surface area contributed by atoms with Crippen molar-refractivity contribution >= 4 is 23.0 Å². The molecule has 4 rings (SSSR count). The van der Waals surface area contributed by atoms with Crippen molar-refractivity contribution in [1.82, 2.24) is 5.32 Å². The van der Waals surface area contributed by atoms with Crippen LogP contribution in [-0.4, -0.2) is 17.4 Å². The molecule has 2 aromatic carbocycles. The Hall–Kier alpha value is -2.27. The maximum atomic E-state index is 6.37. The van der Waals surface area contributed by atoms with E-state index >= 15 is 0 Å². The van der Waals surface area contributed by atoms with Crippen molar-refractivity contribution in [3.05, 3.63) is 54.1 Å². The van der Waals surface area contributed by atoms with Crippen molar-refractivity contribution in [3.8, 4) is 11.5 Å². The molecule has 2 aliphatic rings. The van der Waals surface area contributed by atoms with Crippen LogP contribution in [0, 0.1) is 0 Å². The van der Waals surface area contributed by atoms with Gasteiger partial charge in [-0.1, -0.05) is 18.2 Å². The van der Waals surface area contributed by atoms with Gasteiger partial charge in [0.2, 0.25) is 0 Å². The number of hydrogen-bond acceptors (Lipinski definition) is 3. The van der Waals surface area contributed by atoms with E-state index in [1.165, 1.54) is 5.56 Å². The normalized spacial score (nSPS) is 24.7. The summed E-state index contributed by atoms with van der Waals surface area (Å²) in [4.78, 5) is 2.06. The molecule has 0 saturated carbocycles. The molecule has 1 fully saturated rings. The number of hydrogen-bond donors (Lipinski definition) is 1. The predicted molar refractivity (Wildman–Crippen MR) is 98.7 cm³/mol. The highest BCUT2D eigenvalue weighted by Gasteiger charge is 2.48. The largest absolute Gasteiger partial charge is 0.494 e. The van der Waals surface area contributed by atoms with Gasteiger partial charge < -0.3 is 14.8 Å². The molecule has 2 atom stereocenters. The number of para-hydroxylation sites is 1. The van der Waals surface area contributed by atoms with E-state index in [1.54, 1.807) is 0 Å². The first-order valence-corrected chi connectivity index (χ1v) is 8.63. The standard InChI is InChI=1S/C19H20N2O2S/c1-3-22-14-10-8-13(9-11-14)21-18(24)20-16-12-19(21,2)23-17-7-5-4-6-15(16)17/h4-11,16H,3,12H2,1-2H3,(H,20,24)/t16-,19+/m1/s1. The molecule has 1 saturated heterocycles. The molecule has 2 aromatic rings. The smallest absolute Gasteiger partial charge is 0.188 e. The lowest BCUT2D eigenvalue weighted by atomic mass is 9.90. The molecule has 0 aliphatic carbocycles. The zero-order valence-electron chi connectivity index (χ0n) is 13.8. The number of nitrogens with zero attached hydrogens (tertiary/aromatic N) is 1. The number of anilines is 1. The van der Waals surface area contributed by atoms with E-state index in [9.17, 15) is 0 Å². The first kappa shape index (κ1) is 15.3. The molecule has 0 unspecified atom stereocenters. The number of fused-ring (bicyclic) bond motifs is 4. The first-order chi connectivity index (χ1) is 11.6. The van der Waals surface area contributed by atoms with Gasteiger partial charge in [-0.05, 0) is 56.4 Å². The van der Waals surface area contributed by atoms with Gasteiger partial charge in [0, 0.05) is 17.7 Å². The Morgan fingerprint density at radius 1 is 1.25 bits per heavy atom. The molecule has 4 nitrogen and oxygen atoms in total. The van der Waals surface area contributed by atoms with Gasteiger partial charge in [-0.15, -0.1) is 0 Å². The van der Waals surface area contributed by atoms with E-state index in [-0.39, 0.29) is 6.04 Å². The van der Waals surface area contributed by atoms with Gasteiger partial charge >= 0.3 is 0 Å². The molecule has 24 heavy (non-hydrogen) atoms. The lowest BCUT2D eigenvalue weighted by Crippen LogP contribution is -2.65. The van der Waals surface area contributed by atoms with Crippen molar-refractivity contribution < 1.29 is 9.47 Å². The summed E-state index contributed by atoms with van der Waals surface area (Å²) in [7, 11) is 0. The number of thiocarbonyl (C=S) groups is 1. The summed E-state index contributed by atoms with van der Waals surface area (Å²) >= 11 is 5.65. The fraction of sp³-hybridized carbons (Fsp3) is 0.316. The Bertz CT molecular complexity index is 777. The van der Waals surface area contributed by atoms with Crippen molar-refractivity contribution in [2.45, 2.75) is 32.0 Å². The monoisotopic (exact) mass is 340 g/mol. The second-order valence-corrected chi connectivity index (χ2v) is 6.67. The number of ether oxygens (including phenoxy) is 2. The average molecular weight is 340 g/mol. The summed E-state index contributed by atoms with van der Waals surface area (Å²) in [6.07, 6.45) is 0.831. The van der Waals surface area contributed by atoms with Crippen molar-refractivity contribution in [3.63, 3.8) is 0 Å². The Kier molecular flexibility index (Phi) is 3.61. The molecule has 0 aromatic heterocycles. The van der Waals surface area contributed by atoms with Crippen molar-refractivity contribution in [1.29, 1.82) is 0 Å². The van der Waals surface area contributed by atoms with Crippen molar-refractivity contribution in [2.24, 2.45) is 0 Å². The maximum Gasteiger partial charge on any atom is 0.188 e. The van der Waals surface area contributed by atoms with Crippen LogP contribution in [0.25, 0.3) is 0 Å². The quantitative estimate of drug-likeness (QED) is 0.854. The van der Waals surface area contributed by atoms with Gasteiger partial charge in [0.1, 0.15) is 11.5 Å². The van der Waals surface area contributed by atoms with Gasteiger partial charge in [-0.3, -0.25) is 4.90 Å². The predicted octanol–water partition coefficient (Wildman–Crippen LogP) is 4.02. The fourth-order valence-electron chi connectivity index (χ4n) is 3.57. The van der Waals surface area contributed by atoms with E-state index in [2.05, 4.69) is 23.2 Å². The zero-order valence-corrected chi connectivity index (χ0v) is 14.6. The van der Waals surface area contributed by atoms with Crippen LogP contribution in [0.5, 0.6) is 11.5 Å². The third-order valence-corrected chi connectivity index (χ3v) is 4.89. The Labute approximate surface area is 147 Å². The van der Waals surface area contributed by atoms with E-state index < -0.39 is 5.72 Å². The molecule has 1 N–H and O–H groups in total. The molecular weight excluding hydrogens is 320 g/mol. The molecule has 2 heterocycles. The Balaban J connectivity index is 1.71. The SMILES string of the molecule is CCOc1ccc(N2C(=S)N[C@@H]3C[C@]2(C)Oc2ccccc23)cc1. The van der Waals surface area contributed by atoms with Crippen LogP contribution < -0.4 is 19.7 Å². The zero-order chi connectivity index (χ0) is 16.7. The first-order valence-electron chi connectivity index (χ1n) is 8.22. The minimum atomic E-state index is -0.505. The van der Waals surface area contributed by atoms with Crippen LogP contribution in [0.3, 0.4) is 0 Å². The molecule has 0 spiro atoms. The van der Waals surface area contributed by atoms with Gasteiger partial charge in [-0.2, -0.15) is 0 Å². The van der Waals surface area contributed by atoms with Gasteiger partial charge in [0.15, 0.2) is 10.8 Å². The number of benzene rings is 2. The summed E-state index contributed by atoms with van der Waals surface area (Å²) < 4.78 is 11.9. The molecular formula is C19H20N2O2S. The van der Waals surface area contributed by atoms with Crippen LogP contribution in [-0.2, 0) is 0 Å². The Morgan fingerprint density at radius 2 is 2.00 bits per heavy atom. The average Bonchev–Trinajstić information content (AvgIpc) is 2.56. The van der Waals surface area contributed by atoms with Crippen LogP contribution in [0.1, 0.15) is 31.9 Å². The lowest BCUT2D eigenvalue weighted by molar-refractivity contribution is 0.0497. The van der Waals surface area contributed by atoms with Crippen LogP contribution in [0.4, 0.5) is 5.69 Å². The molecule has 124 valence electrons. The minimum absolute atomic E-state index is 0.186. The molecule has 0 radical (unpaired) electrons. The van der Waals surface area contributed by atoms with Gasteiger partial charge in [-0.25, -0.2) is 0 Å². The highest BCUT2D eigenvalue weighted by Crippen LogP contribution is 2.45. The molecule has 2 aliphatic heterocycles. The highest BCUT2D eigenvalue weighted by atomic mass is 32.1. The molecule has 2 bridgehead atoms. The summed E-state index contributed by atoms with van der Waals surface area (Å²) in [6, 6.07) is 16.3. The lowest BCUT2D eigenvalue weighted by Gasteiger charge is -2.52. The third-order valence-electron chi connectivity index (χ3n) is 4.59. The second kappa shape index (κ2) is 5.67. The van der Waals surface area contributed by atoms with Crippen molar-refractivity contribution in [2.75, 3.05) is 11.5 Å². The third kappa shape index (κ3) is 2.40. The fourth-order valence-corrected chi connectivity index (χ4v) is 4.01. The minimum Gasteiger partial charge on any atom is -0.494 e.